The van der Waals surface area contributed by atoms with Crippen molar-refractivity contribution in [3.05, 3.63) is 22.2 Å². The molecule has 0 spiro atoms. The van der Waals surface area contributed by atoms with Crippen LogP contribution in [0, 0.1) is 5.92 Å². The minimum Gasteiger partial charge on any atom is -0.496 e. The van der Waals surface area contributed by atoms with Gasteiger partial charge in [0.2, 0.25) is 0 Å². The third kappa shape index (κ3) is 3.71. The summed E-state index contributed by atoms with van der Waals surface area (Å²) in [6, 6.07) is 3.21. The van der Waals surface area contributed by atoms with Gasteiger partial charge in [-0.05, 0) is 46.8 Å². The van der Waals surface area contributed by atoms with Crippen LogP contribution in [0.4, 0.5) is 0 Å². The average molecular weight is 358 g/mol. The van der Waals surface area contributed by atoms with Crippen molar-refractivity contribution in [3.8, 4) is 11.5 Å². The molecule has 0 aliphatic heterocycles. The van der Waals surface area contributed by atoms with Crippen molar-refractivity contribution in [1.29, 1.82) is 0 Å². The molecule has 2 rings (SSSR count). The molecule has 1 fully saturated rings. The Labute approximate surface area is 134 Å². The van der Waals surface area contributed by atoms with Crippen LogP contribution < -0.4 is 15.2 Å². The summed E-state index contributed by atoms with van der Waals surface area (Å²) in [5, 5.41) is 10.6. The monoisotopic (exact) mass is 357 g/mol. The maximum absolute atomic E-state index is 10.6. The molecule has 1 aromatic carbocycles. The molecule has 4 nitrogen and oxygen atoms in total. The summed E-state index contributed by atoms with van der Waals surface area (Å²) >= 11 is 3.44. The first-order chi connectivity index (χ1) is 10.1. The van der Waals surface area contributed by atoms with Gasteiger partial charge in [0, 0.05) is 5.56 Å². The Morgan fingerprint density at radius 1 is 1.14 bits per heavy atom. The molecule has 0 unspecified atom stereocenters. The summed E-state index contributed by atoms with van der Waals surface area (Å²) in [6.45, 7) is 0. The number of nitrogens with two attached hydrogens (primary N) is 1. The smallest absolute Gasteiger partial charge is 0.133 e. The largest absolute Gasteiger partial charge is 0.496 e. The Balaban J connectivity index is 2.26. The Morgan fingerprint density at radius 3 is 2.33 bits per heavy atom. The van der Waals surface area contributed by atoms with E-state index in [1.807, 2.05) is 12.1 Å². The second-order valence-corrected chi connectivity index (χ2v) is 6.50. The number of halogens is 1. The minimum absolute atomic E-state index is 0.271. The lowest BCUT2D eigenvalue weighted by molar-refractivity contribution is 0.0610. The number of benzene rings is 1. The predicted octanol–water partition coefficient (Wildman–Crippen LogP) is 3.41. The normalized spacial score (nSPS) is 19.1. The van der Waals surface area contributed by atoms with Gasteiger partial charge in [0.25, 0.3) is 0 Å². The highest BCUT2D eigenvalue weighted by atomic mass is 79.9. The van der Waals surface area contributed by atoms with E-state index in [0.29, 0.717) is 11.5 Å². The zero-order valence-electron chi connectivity index (χ0n) is 12.6. The molecule has 118 valence electrons. The first-order valence-corrected chi connectivity index (χ1v) is 8.22. The fourth-order valence-corrected chi connectivity index (χ4v) is 3.58. The average Bonchev–Trinajstić information content (AvgIpc) is 2.54. The predicted molar refractivity (Wildman–Crippen MR) is 86.8 cm³/mol. The molecule has 1 saturated carbocycles. The second-order valence-electron chi connectivity index (χ2n) is 5.64. The second kappa shape index (κ2) is 7.47. The van der Waals surface area contributed by atoms with Gasteiger partial charge in [-0.2, -0.15) is 0 Å². The molecule has 1 aliphatic rings. The molecule has 0 bridgehead atoms. The van der Waals surface area contributed by atoms with Gasteiger partial charge in [-0.25, -0.2) is 0 Å². The van der Waals surface area contributed by atoms with Crippen LogP contribution in [0.2, 0.25) is 0 Å². The zero-order chi connectivity index (χ0) is 15.4. The van der Waals surface area contributed by atoms with Gasteiger partial charge in [0.05, 0.1) is 30.8 Å². The zero-order valence-corrected chi connectivity index (χ0v) is 14.2. The lowest BCUT2D eigenvalue weighted by Gasteiger charge is -2.31. The molecule has 2 atom stereocenters. The fraction of sp³-hybridized carbons (Fsp3) is 0.625. The van der Waals surface area contributed by atoms with Crippen LogP contribution in [0.15, 0.2) is 16.6 Å². The third-order valence-corrected chi connectivity index (χ3v) is 4.98. The van der Waals surface area contributed by atoms with Crippen LogP contribution in [-0.2, 0) is 0 Å². The van der Waals surface area contributed by atoms with Gasteiger partial charge >= 0.3 is 0 Å². The number of ether oxygens (including phenoxy) is 2. The number of aliphatic hydroxyl groups is 1. The maximum Gasteiger partial charge on any atom is 0.133 e. The van der Waals surface area contributed by atoms with E-state index in [9.17, 15) is 5.11 Å². The number of methoxy groups -OCH3 is 2. The summed E-state index contributed by atoms with van der Waals surface area (Å²) in [4.78, 5) is 0. The van der Waals surface area contributed by atoms with Gasteiger partial charge in [-0.1, -0.05) is 19.3 Å². The molecule has 0 amide bonds. The Kier molecular flexibility index (Phi) is 5.90. The van der Waals surface area contributed by atoms with Crippen molar-refractivity contribution < 1.29 is 14.6 Å². The SMILES string of the molecule is COc1cc([C@H](N)[C@H](O)C2CCCCC2)c(OC)cc1Br. The highest BCUT2D eigenvalue weighted by molar-refractivity contribution is 9.10. The summed E-state index contributed by atoms with van der Waals surface area (Å²) < 4.78 is 11.5. The minimum atomic E-state index is -0.551. The molecule has 0 radical (unpaired) electrons. The fourth-order valence-electron chi connectivity index (χ4n) is 3.10. The lowest BCUT2D eigenvalue weighted by Crippen LogP contribution is -2.34. The molecular formula is C16H24BrNO3. The van der Waals surface area contributed by atoms with Gasteiger partial charge < -0.3 is 20.3 Å². The first-order valence-electron chi connectivity index (χ1n) is 7.43. The molecule has 3 N–H and O–H groups in total. The van der Waals surface area contributed by atoms with Crippen molar-refractivity contribution in [2.75, 3.05) is 14.2 Å². The summed E-state index contributed by atoms with van der Waals surface area (Å²) in [7, 11) is 3.22. The van der Waals surface area contributed by atoms with E-state index in [1.54, 1.807) is 14.2 Å². The maximum atomic E-state index is 10.6. The highest BCUT2D eigenvalue weighted by Gasteiger charge is 2.29. The van der Waals surface area contributed by atoms with Crippen molar-refractivity contribution in [2.45, 2.75) is 44.2 Å². The van der Waals surface area contributed by atoms with Gasteiger partial charge in [0.15, 0.2) is 0 Å². The van der Waals surface area contributed by atoms with Crippen molar-refractivity contribution in [2.24, 2.45) is 11.7 Å². The summed E-state index contributed by atoms with van der Waals surface area (Å²) in [6.07, 6.45) is 5.15. The topological polar surface area (TPSA) is 64.7 Å². The quantitative estimate of drug-likeness (QED) is 0.847. The van der Waals surface area contributed by atoms with E-state index in [4.69, 9.17) is 15.2 Å². The molecule has 0 aromatic heterocycles. The Bertz CT molecular complexity index is 475. The standard InChI is InChI=1S/C16H24BrNO3/c1-20-13-9-12(17)14(21-2)8-11(13)15(18)16(19)10-6-4-3-5-7-10/h8-10,15-16,19H,3-7,18H2,1-2H3/t15-,16+/m0/s1. The van der Waals surface area contributed by atoms with Crippen LogP contribution >= 0.6 is 15.9 Å². The molecule has 0 heterocycles. The molecule has 5 heteroatoms. The first kappa shape index (κ1) is 16.6. The summed E-state index contributed by atoms with van der Waals surface area (Å²) in [5.74, 6) is 1.63. The Hall–Kier alpha value is -0.780. The van der Waals surface area contributed by atoms with Crippen LogP contribution in [0.25, 0.3) is 0 Å². The van der Waals surface area contributed by atoms with Crippen molar-refractivity contribution in [3.63, 3.8) is 0 Å². The van der Waals surface area contributed by atoms with Crippen molar-refractivity contribution in [1.82, 2.24) is 0 Å². The van der Waals surface area contributed by atoms with Crippen LogP contribution in [0.5, 0.6) is 11.5 Å². The van der Waals surface area contributed by atoms with Gasteiger partial charge in [-0.3, -0.25) is 0 Å². The van der Waals surface area contributed by atoms with Crippen LogP contribution in [0.1, 0.15) is 43.7 Å². The number of aliphatic hydroxyl groups excluding tert-OH is 1. The van der Waals surface area contributed by atoms with Crippen LogP contribution in [0.3, 0.4) is 0 Å². The lowest BCUT2D eigenvalue weighted by atomic mass is 9.81. The third-order valence-electron chi connectivity index (χ3n) is 4.36. The van der Waals surface area contributed by atoms with E-state index in [2.05, 4.69) is 15.9 Å². The van der Waals surface area contributed by atoms with Gasteiger partial charge in [0.1, 0.15) is 11.5 Å². The molecule has 0 saturated heterocycles. The number of hydrogen-bond acceptors (Lipinski definition) is 4. The highest BCUT2D eigenvalue weighted by Crippen LogP contribution is 2.38. The molecule has 21 heavy (non-hydrogen) atoms. The van der Waals surface area contributed by atoms with Crippen LogP contribution in [-0.4, -0.2) is 25.4 Å². The van der Waals surface area contributed by atoms with Gasteiger partial charge in [-0.15, -0.1) is 0 Å². The van der Waals surface area contributed by atoms with E-state index >= 15 is 0 Å². The summed E-state index contributed by atoms with van der Waals surface area (Å²) in [5.41, 5.74) is 7.11. The number of hydrogen-bond donors (Lipinski definition) is 2. The van der Waals surface area contributed by atoms with E-state index in [-0.39, 0.29) is 5.92 Å². The number of rotatable bonds is 5. The van der Waals surface area contributed by atoms with E-state index < -0.39 is 12.1 Å². The molecular weight excluding hydrogens is 334 g/mol. The van der Waals surface area contributed by atoms with E-state index in [1.165, 1.54) is 19.3 Å². The van der Waals surface area contributed by atoms with E-state index in [0.717, 1.165) is 22.9 Å². The molecule has 1 aliphatic carbocycles. The molecule has 1 aromatic rings. The Morgan fingerprint density at radius 2 is 1.76 bits per heavy atom. The van der Waals surface area contributed by atoms with Crippen molar-refractivity contribution >= 4 is 15.9 Å².